The van der Waals surface area contributed by atoms with Gasteiger partial charge in [-0.25, -0.2) is 4.79 Å². The van der Waals surface area contributed by atoms with Crippen LogP contribution in [0.2, 0.25) is 0 Å². The average Bonchev–Trinajstić information content (AvgIpc) is 3.17. The van der Waals surface area contributed by atoms with Crippen molar-refractivity contribution in [3.63, 3.8) is 0 Å². The molecule has 0 aliphatic carbocycles. The van der Waals surface area contributed by atoms with Crippen LogP contribution in [0.25, 0.3) is 0 Å². The molecule has 270 valence electrons. The first-order chi connectivity index (χ1) is 25.0. The molecule has 0 fully saturated rings. The first-order valence-corrected chi connectivity index (χ1v) is 19.3. The molecule has 0 aliphatic rings. The summed E-state index contributed by atoms with van der Waals surface area (Å²) in [5, 5.41) is 21.8. The third kappa shape index (κ3) is 9.25. The number of Topliss-reactive ketones (excluding diaryl/α,β-unsaturated/α-hetero) is 1. The normalized spacial score (nSPS) is 12.9. The van der Waals surface area contributed by atoms with E-state index in [1.54, 1.807) is 34.6 Å². The average molecular weight is 719 g/mol. The number of nitrogens with zero attached hydrogens (tertiary/aromatic N) is 1. The van der Waals surface area contributed by atoms with Crippen LogP contribution in [0.3, 0.4) is 0 Å². The smallest absolute Gasteiger partial charge is 0.408 e. The van der Waals surface area contributed by atoms with Crippen molar-refractivity contribution in [3.05, 3.63) is 127 Å². The van der Waals surface area contributed by atoms with Crippen LogP contribution in [0.5, 0.6) is 0 Å². The Bertz CT molecular complexity index is 1810. The molecular weight excluding hydrogens is 671 g/mol. The number of carbonyl (C=O) groups is 4. The molecule has 3 N–H and O–H groups in total. The van der Waals surface area contributed by atoms with E-state index >= 15 is 0 Å². The van der Waals surface area contributed by atoms with Crippen molar-refractivity contribution in [1.82, 2.24) is 16.0 Å². The summed E-state index contributed by atoms with van der Waals surface area (Å²) in [5.74, 6) is -2.33. The third-order valence-electron chi connectivity index (χ3n) is 8.83. The van der Waals surface area contributed by atoms with E-state index in [0.29, 0.717) is 0 Å². The molecular formula is C42H47N4O5P. The number of benzene rings is 4. The van der Waals surface area contributed by atoms with Gasteiger partial charge in [0.1, 0.15) is 30.1 Å². The maximum atomic E-state index is 14.7. The number of hydrogen-bond acceptors (Lipinski definition) is 6. The van der Waals surface area contributed by atoms with Gasteiger partial charge in [0.05, 0.1) is 6.04 Å². The summed E-state index contributed by atoms with van der Waals surface area (Å²) in [4.78, 5) is 54.9. The van der Waals surface area contributed by atoms with Crippen molar-refractivity contribution < 1.29 is 23.9 Å². The van der Waals surface area contributed by atoms with Crippen LogP contribution in [0, 0.1) is 23.2 Å². The number of ether oxygens (including phenoxy) is 1. The van der Waals surface area contributed by atoms with E-state index < -0.39 is 48.7 Å². The van der Waals surface area contributed by atoms with Gasteiger partial charge in [-0.3, -0.25) is 14.4 Å². The fourth-order valence-corrected chi connectivity index (χ4v) is 10.2. The number of alkyl carbamates (subject to hydrolysis) is 1. The number of carbonyl (C=O) groups excluding carboxylic acids is 4. The molecule has 0 saturated heterocycles. The lowest BCUT2D eigenvalue weighted by molar-refractivity contribution is -0.132. The Kier molecular flexibility index (Phi) is 14.1. The van der Waals surface area contributed by atoms with E-state index in [0.717, 1.165) is 21.5 Å². The quantitative estimate of drug-likeness (QED) is 0.144. The predicted octanol–water partition coefficient (Wildman–Crippen LogP) is 5.23. The van der Waals surface area contributed by atoms with Gasteiger partial charge in [0.15, 0.2) is 5.78 Å². The van der Waals surface area contributed by atoms with Crippen LogP contribution in [-0.2, 0) is 25.7 Å². The van der Waals surface area contributed by atoms with Crippen molar-refractivity contribution in [2.75, 3.05) is 0 Å². The number of hydrogen-bond donors (Lipinski definition) is 3. The molecule has 52 heavy (non-hydrogen) atoms. The van der Waals surface area contributed by atoms with Crippen LogP contribution in [0.15, 0.2) is 121 Å². The van der Waals surface area contributed by atoms with Gasteiger partial charge in [0.2, 0.25) is 11.8 Å². The second-order valence-corrected chi connectivity index (χ2v) is 16.5. The Labute approximate surface area is 306 Å². The molecule has 0 aromatic heterocycles. The molecule has 0 radical (unpaired) electrons. The summed E-state index contributed by atoms with van der Waals surface area (Å²) in [6.45, 7) is 5.89. The van der Waals surface area contributed by atoms with Crippen molar-refractivity contribution in [2.24, 2.45) is 11.8 Å². The lowest BCUT2D eigenvalue weighted by Gasteiger charge is -2.31. The highest BCUT2D eigenvalue weighted by atomic mass is 31.2. The SMILES string of the molecule is CCC(NC(=O)[C@@H](NC(=O)[C@@H](NC(=O)OCc1ccccc1)C(C)C)C(C)C)C(=O)C(C#N)=P(c1ccccc1)(c1ccccc1)c1ccccc1. The van der Waals surface area contributed by atoms with Gasteiger partial charge in [0, 0.05) is 0 Å². The van der Waals surface area contributed by atoms with Gasteiger partial charge in [-0.05, 0) is 46.6 Å². The standard InChI is InChI=1S/C42H47N4O5P/c1-6-35(44-40(48)37(29(2)3)45-41(49)38(30(4)5)46-42(50)51-28-31-19-11-7-12-20-31)39(47)36(27-43)52(32-21-13-8-14-22-32,33-23-15-9-16-24-33)34-25-17-10-18-26-34/h7-26,29-30,35,37-38H,6,28H2,1-5H3,(H,44,48)(H,45,49)(H,46,50)/t35?,37-,38-/m0/s1. The fraction of sp³-hybridized carbons (Fsp3) is 0.286. The Morgan fingerprint density at radius 1 is 0.635 bits per heavy atom. The van der Waals surface area contributed by atoms with E-state index in [4.69, 9.17) is 4.74 Å². The summed E-state index contributed by atoms with van der Waals surface area (Å²) < 4.78 is 5.34. The number of nitrogens with one attached hydrogen (secondary N) is 3. The van der Waals surface area contributed by atoms with Crippen molar-refractivity contribution in [1.29, 1.82) is 5.26 Å². The molecule has 0 heterocycles. The molecule has 4 rings (SSSR count). The van der Waals surface area contributed by atoms with Crippen LogP contribution in [0.4, 0.5) is 4.79 Å². The van der Waals surface area contributed by atoms with Gasteiger partial charge in [-0.15, -0.1) is 0 Å². The van der Waals surface area contributed by atoms with Gasteiger partial charge >= 0.3 is 6.09 Å². The summed E-state index contributed by atoms with van der Waals surface area (Å²) in [6, 6.07) is 37.1. The second-order valence-electron chi connectivity index (χ2n) is 13.1. The van der Waals surface area contributed by atoms with Gasteiger partial charge in [-0.1, -0.05) is 156 Å². The molecule has 1 unspecified atom stereocenters. The van der Waals surface area contributed by atoms with Crippen molar-refractivity contribution in [2.45, 2.75) is 65.8 Å². The summed E-state index contributed by atoms with van der Waals surface area (Å²) in [6.07, 6.45) is -0.558. The highest BCUT2D eigenvalue weighted by molar-refractivity contribution is 7.97. The summed E-state index contributed by atoms with van der Waals surface area (Å²) in [5.41, 5.74) is 0.798. The van der Waals surface area contributed by atoms with Crippen molar-refractivity contribution >= 4 is 51.8 Å². The van der Waals surface area contributed by atoms with Crippen molar-refractivity contribution in [3.8, 4) is 6.07 Å². The van der Waals surface area contributed by atoms with Crippen LogP contribution in [-0.4, -0.2) is 47.1 Å². The number of nitriles is 1. The van der Waals surface area contributed by atoms with Gasteiger partial charge in [0.25, 0.3) is 0 Å². The number of ketones is 1. The van der Waals surface area contributed by atoms with Gasteiger partial charge < -0.3 is 20.7 Å². The van der Waals surface area contributed by atoms with E-state index in [-0.39, 0.29) is 30.2 Å². The van der Waals surface area contributed by atoms with Crippen LogP contribution < -0.4 is 31.9 Å². The third-order valence-corrected chi connectivity index (χ3v) is 13.0. The molecule has 0 aliphatic heterocycles. The minimum atomic E-state index is -3.03. The molecule has 3 amide bonds. The zero-order valence-electron chi connectivity index (χ0n) is 30.3. The molecule has 4 aromatic rings. The zero-order chi connectivity index (χ0) is 37.7. The Hall–Kier alpha value is -5.45. The highest BCUT2D eigenvalue weighted by Crippen LogP contribution is 2.46. The molecule has 0 saturated carbocycles. The maximum absolute atomic E-state index is 14.7. The largest absolute Gasteiger partial charge is 0.445 e. The fourth-order valence-electron chi connectivity index (χ4n) is 6.07. The van der Waals surface area contributed by atoms with E-state index in [2.05, 4.69) is 22.0 Å². The molecule has 0 spiro atoms. The first kappa shape index (κ1) is 39.3. The lowest BCUT2D eigenvalue weighted by Crippen LogP contribution is -2.58. The zero-order valence-corrected chi connectivity index (χ0v) is 31.2. The summed E-state index contributed by atoms with van der Waals surface area (Å²) in [7, 11) is 0. The van der Waals surface area contributed by atoms with Gasteiger partial charge in [-0.2, -0.15) is 5.26 Å². The maximum Gasteiger partial charge on any atom is 0.408 e. The Morgan fingerprint density at radius 3 is 1.44 bits per heavy atom. The van der Waals surface area contributed by atoms with Crippen LogP contribution in [0.1, 0.15) is 46.6 Å². The van der Waals surface area contributed by atoms with E-state index in [9.17, 15) is 24.4 Å². The molecule has 0 bridgehead atoms. The molecule has 10 heteroatoms. The highest BCUT2D eigenvalue weighted by Gasteiger charge is 2.37. The monoisotopic (exact) mass is 718 g/mol. The summed E-state index contributed by atoms with van der Waals surface area (Å²) >= 11 is 0. The Balaban J connectivity index is 1.65. The topological polar surface area (TPSA) is 137 Å². The number of amides is 3. The first-order valence-electron chi connectivity index (χ1n) is 17.5. The minimum absolute atomic E-state index is 0.0344. The number of rotatable bonds is 15. The second kappa shape index (κ2) is 18.7. The Morgan fingerprint density at radius 2 is 1.04 bits per heavy atom. The van der Waals surface area contributed by atoms with Crippen LogP contribution >= 0.6 is 6.89 Å². The predicted molar refractivity (Wildman–Crippen MR) is 208 cm³/mol. The lowest BCUT2D eigenvalue weighted by atomic mass is 9.99. The van der Waals surface area contributed by atoms with E-state index in [1.165, 1.54) is 0 Å². The molecule has 9 nitrogen and oxygen atoms in total. The molecule has 3 atom stereocenters. The minimum Gasteiger partial charge on any atom is -0.445 e. The molecule has 4 aromatic carbocycles. The van der Waals surface area contributed by atoms with E-state index in [1.807, 2.05) is 121 Å².